The van der Waals surface area contributed by atoms with Gasteiger partial charge in [0.05, 0.1) is 12.1 Å². The zero-order chi connectivity index (χ0) is 29.9. The summed E-state index contributed by atoms with van der Waals surface area (Å²) in [5.74, 6) is -0.499. The van der Waals surface area contributed by atoms with E-state index in [0.717, 1.165) is 23.3 Å². The molecular formula is C30H31F3N4O5. The van der Waals surface area contributed by atoms with Crippen molar-refractivity contribution in [3.05, 3.63) is 89.0 Å². The lowest BCUT2D eigenvalue weighted by Crippen LogP contribution is -2.46. The van der Waals surface area contributed by atoms with Crippen LogP contribution in [0.5, 0.6) is 11.5 Å². The molecule has 3 aromatic rings. The van der Waals surface area contributed by atoms with E-state index in [1.807, 2.05) is 12.1 Å². The molecule has 0 aromatic heterocycles. The predicted octanol–water partition coefficient (Wildman–Crippen LogP) is 5.43. The summed E-state index contributed by atoms with van der Waals surface area (Å²) < 4.78 is 44.3. The molecule has 3 amide bonds. The Morgan fingerprint density at radius 2 is 1.50 bits per heavy atom. The van der Waals surface area contributed by atoms with Crippen LogP contribution in [0.25, 0.3) is 0 Å². The number of anilines is 1. The minimum Gasteiger partial charge on any atom is -0.504 e. The number of amides is 3. The molecule has 2 heterocycles. The topological polar surface area (TPSA) is 114 Å². The van der Waals surface area contributed by atoms with Gasteiger partial charge in [-0.2, -0.15) is 13.2 Å². The summed E-state index contributed by atoms with van der Waals surface area (Å²) in [6.07, 6.45) is -3.46. The number of hydrogen-bond donors (Lipinski definition) is 4. The molecule has 1 spiro atoms. The number of carbonyl (C=O) groups excluding carboxylic acids is 2. The second kappa shape index (κ2) is 11.8. The average Bonchev–Trinajstić information content (AvgIpc) is 3.25. The minimum atomic E-state index is -4.35. The molecule has 12 heteroatoms. The van der Waals surface area contributed by atoms with Crippen LogP contribution in [-0.4, -0.2) is 57.4 Å². The number of rotatable bonds is 7. The second-order valence-corrected chi connectivity index (χ2v) is 10.7. The fourth-order valence-electron chi connectivity index (χ4n) is 5.20. The van der Waals surface area contributed by atoms with Crippen LogP contribution in [-0.2, 0) is 30.5 Å². The molecule has 0 saturated carbocycles. The number of halogens is 3. The van der Waals surface area contributed by atoms with E-state index >= 15 is 0 Å². The van der Waals surface area contributed by atoms with Gasteiger partial charge >= 0.3 is 18.3 Å². The number of nitrogens with one attached hydrogen (secondary N) is 2. The fourth-order valence-corrected chi connectivity index (χ4v) is 5.20. The van der Waals surface area contributed by atoms with Gasteiger partial charge in [0, 0.05) is 51.3 Å². The fraction of sp³-hybridized carbons (Fsp3) is 0.333. The molecule has 42 heavy (non-hydrogen) atoms. The number of phenols is 2. The van der Waals surface area contributed by atoms with E-state index in [-0.39, 0.29) is 24.1 Å². The summed E-state index contributed by atoms with van der Waals surface area (Å²) in [5.41, 5.74) is 1.61. The summed E-state index contributed by atoms with van der Waals surface area (Å²) >= 11 is 0. The van der Waals surface area contributed by atoms with Crippen molar-refractivity contribution in [3.8, 4) is 11.5 Å². The molecule has 0 unspecified atom stereocenters. The monoisotopic (exact) mass is 584 g/mol. The number of carbonyl (C=O) groups is 2. The molecule has 222 valence electrons. The third-order valence-corrected chi connectivity index (χ3v) is 7.57. The minimum absolute atomic E-state index is 0.156. The first-order valence-corrected chi connectivity index (χ1v) is 13.5. The highest BCUT2D eigenvalue weighted by Gasteiger charge is 2.46. The zero-order valence-corrected chi connectivity index (χ0v) is 22.7. The van der Waals surface area contributed by atoms with Crippen molar-refractivity contribution < 1.29 is 37.7 Å². The first-order chi connectivity index (χ1) is 20.0. The van der Waals surface area contributed by atoms with E-state index in [9.17, 15) is 33.0 Å². The van der Waals surface area contributed by atoms with Crippen LogP contribution in [0.3, 0.4) is 0 Å². The van der Waals surface area contributed by atoms with Crippen molar-refractivity contribution in [1.29, 1.82) is 0 Å². The van der Waals surface area contributed by atoms with Gasteiger partial charge in [0.25, 0.3) is 0 Å². The standard InChI is InChI=1S/C30H31F3N4O5/c31-30(32,33)23-6-1-20(2-7-23)17-36-13-11-29(12-14-36)19-37(28(41)42-29)18-21-3-8-24(9-4-21)35-27(40)34-16-22-5-10-25(38)26(39)15-22/h1-10,15,38-39H,11-14,16-19H2,(H2,34,35,40). The maximum atomic E-state index is 12.8. The molecule has 5 rings (SSSR count). The van der Waals surface area contributed by atoms with E-state index in [2.05, 4.69) is 15.5 Å². The predicted molar refractivity (Wildman–Crippen MR) is 148 cm³/mol. The van der Waals surface area contributed by atoms with Gasteiger partial charge in [-0.05, 0) is 53.1 Å². The number of nitrogens with zero attached hydrogens (tertiary/aromatic N) is 2. The molecule has 3 aromatic carbocycles. The highest BCUT2D eigenvalue weighted by Crippen LogP contribution is 2.35. The molecule has 0 bridgehead atoms. The SMILES string of the molecule is O=C(NCc1ccc(O)c(O)c1)Nc1ccc(CN2CC3(CCN(Cc4ccc(C(F)(F)F)cc4)CC3)OC2=O)cc1. The molecule has 0 radical (unpaired) electrons. The molecule has 2 aliphatic rings. The Morgan fingerprint density at radius 3 is 2.14 bits per heavy atom. The number of likely N-dealkylation sites (tertiary alicyclic amines) is 1. The molecule has 2 fully saturated rings. The lowest BCUT2D eigenvalue weighted by Gasteiger charge is -2.37. The van der Waals surface area contributed by atoms with Crippen LogP contribution in [0.2, 0.25) is 0 Å². The van der Waals surface area contributed by atoms with Crippen molar-refractivity contribution in [2.75, 3.05) is 25.0 Å². The largest absolute Gasteiger partial charge is 0.504 e. The number of urea groups is 1. The van der Waals surface area contributed by atoms with Crippen molar-refractivity contribution in [3.63, 3.8) is 0 Å². The number of alkyl halides is 3. The van der Waals surface area contributed by atoms with Crippen LogP contribution in [0.15, 0.2) is 66.7 Å². The van der Waals surface area contributed by atoms with E-state index in [1.165, 1.54) is 24.3 Å². The Labute approximate surface area is 240 Å². The van der Waals surface area contributed by atoms with Crippen LogP contribution in [0.4, 0.5) is 28.4 Å². The Balaban J connectivity index is 1.07. The number of ether oxygens (including phenoxy) is 1. The van der Waals surface area contributed by atoms with Crippen LogP contribution in [0.1, 0.15) is 35.1 Å². The van der Waals surface area contributed by atoms with Gasteiger partial charge in [-0.3, -0.25) is 9.80 Å². The summed E-state index contributed by atoms with van der Waals surface area (Å²) in [4.78, 5) is 28.7. The third-order valence-electron chi connectivity index (χ3n) is 7.57. The van der Waals surface area contributed by atoms with Gasteiger partial charge < -0.3 is 25.6 Å². The molecular weight excluding hydrogens is 553 g/mol. The summed E-state index contributed by atoms with van der Waals surface area (Å²) in [7, 11) is 0. The number of phenolic OH excluding ortho intramolecular Hbond substituents is 2. The Bertz CT molecular complexity index is 1420. The van der Waals surface area contributed by atoms with Crippen LogP contribution < -0.4 is 10.6 Å². The number of aromatic hydroxyl groups is 2. The van der Waals surface area contributed by atoms with Crippen LogP contribution >= 0.6 is 0 Å². The highest BCUT2D eigenvalue weighted by atomic mass is 19.4. The van der Waals surface area contributed by atoms with E-state index < -0.39 is 23.4 Å². The van der Waals surface area contributed by atoms with Gasteiger partial charge in [0.2, 0.25) is 0 Å². The van der Waals surface area contributed by atoms with Crippen LogP contribution in [0, 0.1) is 0 Å². The first-order valence-electron chi connectivity index (χ1n) is 13.5. The molecule has 2 aliphatic heterocycles. The van der Waals surface area contributed by atoms with E-state index in [1.54, 1.807) is 23.1 Å². The normalized spacial score (nSPS) is 16.8. The smallest absolute Gasteiger partial charge is 0.416 e. The average molecular weight is 585 g/mol. The number of piperidine rings is 1. The Morgan fingerprint density at radius 1 is 0.881 bits per heavy atom. The summed E-state index contributed by atoms with van der Waals surface area (Å²) in [6, 6.07) is 16.2. The first kappa shape index (κ1) is 29.1. The Kier molecular flexibility index (Phi) is 8.17. The quantitative estimate of drug-likeness (QED) is 0.276. The number of hydrogen-bond acceptors (Lipinski definition) is 6. The van der Waals surface area contributed by atoms with Crippen molar-refractivity contribution >= 4 is 17.8 Å². The van der Waals surface area contributed by atoms with Gasteiger partial charge in [0.1, 0.15) is 5.60 Å². The highest BCUT2D eigenvalue weighted by molar-refractivity contribution is 5.89. The second-order valence-electron chi connectivity index (χ2n) is 10.7. The number of benzene rings is 3. The molecule has 2 saturated heterocycles. The van der Waals surface area contributed by atoms with E-state index in [4.69, 9.17) is 4.74 Å². The summed E-state index contributed by atoms with van der Waals surface area (Å²) in [6.45, 7) is 2.83. The van der Waals surface area contributed by atoms with Gasteiger partial charge in [-0.1, -0.05) is 30.3 Å². The van der Waals surface area contributed by atoms with Gasteiger partial charge in [-0.15, -0.1) is 0 Å². The maximum Gasteiger partial charge on any atom is 0.416 e. The van der Waals surface area contributed by atoms with Gasteiger partial charge in [-0.25, -0.2) is 9.59 Å². The van der Waals surface area contributed by atoms with Crippen molar-refractivity contribution in [1.82, 2.24) is 15.1 Å². The zero-order valence-electron chi connectivity index (χ0n) is 22.7. The van der Waals surface area contributed by atoms with Crippen molar-refractivity contribution in [2.45, 2.75) is 44.3 Å². The molecule has 0 atom stereocenters. The Hall–Kier alpha value is -4.45. The molecule has 4 N–H and O–H groups in total. The molecule has 0 aliphatic carbocycles. The lowest BCUT2D eigenvalue weighted by atomic mass is 9.91. The maximum absolute atomic E-state index is 12.8. The lowest BCUT2D eigenvalue weighted by molar-refractivity contribution is -0.137. The molecule has 9 nitrogen and oxygen atoms in total. The van der Waals surface area contributed by atoms with E-state index in [0.29, 0.717) is 56.8 Å². The van der Waals surface area contributed by atoms with Crippen molar-refractivity contribution in [2.24, 2.45) is 0 Å². The summed E-state index contributed by atoms with van der Waals surface area (Å²) in [5, 5.41) is 24.3. The van der Waals surface area contributed by atoms with Gasteiger partial charge in [0.15, 0.2) is 11.5 Å². The third kappa shape index (κ3) is 7.06.